The van der Waals surface area contributed by atoms with Gasteiger partial charge in [-0.2, -0.15) is 0 Å². The van der Waals surface area contributed by atoms with Crippen molar-refractivity contribution in [3.05, 3.63) is 12.7 Å². The minimum Gasteiger partial charge on any atom is -0.740 e. The molecule has 0 spiro atoms. The molecule has 0 fully saturated rings. The zero-order chi connectivity index (χ0) is 10.5. The molecule has 0 N–H and O–H groups in total. The molecule has 76 valence electrons. The van der Waals surface area contributed by atoms with E-state index in [0.717, 1.165) is 0 Å². The Morgan fingerprint density at radius 1 is 1.69 bits per heavy atom. The molecule has 0 aromatic heterocycles. The first kappa shape index (κ1) is 12.7. The van der Waals surface area contributed by atoms with E-state index in [1.54, 1.807) is 6.08 Å². The topological polar surface area (TPSA) is 49.4 Å². The number of hydrogen-bond donors (Lipinski definition) is 0. The summed E-state index contributed by atoms with van der Waals surface area (Å²) in [5.41, 5.74) is -0.505. The van der Waals surface area contributed by atoms with E-state index < -0.39 is 16.8 Å². The average molecular weight is 221 g/mol. The van der Waals surface area contributed by atoms with E-state index in [-0.39, 0.29) is 5.05 Å². The standard InChI is InChI=1S/C8H14O3S2/c1-4-8(5-2,6-3)7(12)11-13(9)10/h4H,1,5-6H2,2-3H3,(H,9,10)/p-1. The van der Waals surface area contributed by atoms with Crippen LogP contribution in [0.2, 0.25) is 0 Å². The van der Waals surface area contributed by atoms with Crippen molar-refractivity contribution in [3.63, 3.8) is 0 Å². The molecule has 0 saturated carbocycles. The Balaban J connectivity index is 4.63. The summed E-state index contributed by atoms with van der Waals surface area (Å²) in [4.78, 5) is 0. The zero-order valence-corrected chi connectivity index (χ0v) is 9.37. The normalized spacial score (nSPS) is 13.5. The van der Waals surface area contributed by atoms with Crippen LogP contribution >= 0.6 is 12.2 Å². The first-order chi connectivity index (χ1) is 6.02. The van der Waals surface area contributed by atoms with Crippen LogP contribution in [0.25, 0.3) is 0 Å². The summed E-state index contributed by atoms with van der Waals surface area (Å²) in [5, 5.41) is 0.0702. The Labute approximate surface area is 86.7 Å². The van der Waals surface area contributed by atoms with Gasteiger partial charge in [0, 0.05) is 0 Å². The second kappa shape index (κ2) is 5.47. The van der Waals surface area contributed by atoms with Crippen molar-refractivity contribution in [2.24, 2.45) is 5.41 Å². The van der Waals surface area contributed by atoms with Crippen molar-refractivity contribution in [2.45, 2.75) is 26.7 Å². The molecular formula is C8H13O3S2-. The van der Waals surface area contributed by atoms with Crippen LogP contribution < -0.4 is 0 Å². The number of hydrogen-bond acceptors (Lipinski definition) is 4. The SMILES string of the molecule is C=CC(CC)(CC)C(=S)OS(=O)[O-]. The predicted molar refractivity (Wildman–Crippen MR) is 55.8 cm³/mol. The Morgan fingerprint density at radius 3 is 2.38 bits per heavy atom. The minimum atomic E-state index is -2.59. The van der Waals surface area contributed by atoms with Gasteiger partial charge in [0.15, 0.2) is 5.05 Å². The molecule has 0 radical (unpaired) electrons. The highest BCUT2D eigenvalue weighted by Crippen LogP contribution is 2.30. The molecule has 0 aliphatic rings. The summed E-state index contributed by atoms with van der Waals surface area (Å²) in [5.74, 6) is 0. The van der Waals surface area contributed by atoms with Gasteiger partial charge in [0.25, 0.3) is 0 Å². The molecule has 0 aromatic carbocycles. The third kappa shape index (κ3) is 3.17. The van der Waals surface area contributed by atoms with Crippen molar-refractivity contribution in [1.82, 2.24) is 0 Å². The molecule has 0 bridgehead atoms. The second-order valence-electron chi connectivity index (χ2n) is 2.64. The van der Waals surface area contributed by atoms with Crippen LogP contribution in [-0.4, -0.2) is 13.8 Å². The third-order valence-electron chi connectivity index (χ3n) is 2.20. The highest BCUT2D eigenvalue weighted by molar-refractivity contribution is 7.82. The first-order valence-electron chi connectivity index (χ1n) is 3.98. The smallest absolute Gasteiger partial charge is 0.189 e. The lowest BCUT2D eigenvalue weighted by Crippen LogP contribution is -2.28. The van der Waals surface area contributed by atoms with Gasteiger partial charge in [0.2, 0.25) is 0 Å². The molecule has 0 saturated heterocycles. The Bertz CT molecular complexity index is 221. The lowest BCUT2D eigenvalue weighted by Gasteiger charge is -2.27. The van der Waals surface area contributed by atoms with E-state index in [0.29, 0.717) is 12.8 Å². The monoisotopic (exact) mass is 221 g/mol. The third-order valence-corrected chi connectivity index (χ3v) is 3.10. The summed E-state index contributed by atoms with van der Waals surface area (Å²) in [6.07, 6.45) is 3.01. The molecule has 3 nitrogen and oxygen atoms in total. The van der Waals surface area contributed by atoms with Gasteiger partial charge in [0.05, 0.1) is 5.41 Å². The lowest BCUT2D eigenvalue weighted by molar-refractivity contribution is 0.383. The van der Waals surface area contributed by atoms with Crippen LogP contribution in [-0.2, 0) is 15.5 Å². The maximum absolute atomic E-state index is 10.3. The molecule has 0 heterocycles. The molecule has 0 rings (SSSR count). The number of thiocarbonyl (C=S) groups is 1. The van der Waals surface area contributed by atoms with Gasteiger partial charge in [-0.25, -0.2) is 4.21 Å². The van der Waals surface area contributed by atoms with E-state index in [1.807, 2.05) is 13.8 Å². The molecule has 5 heteroatoms. The van der Waals surface area contributed by atoms with Gasteiger partial charge in [-0.15, -0.1) is 6.58 Å². The average Bonchev–Trinajstić information content (AvgIpc) is 2.07. The molecule has 0 aromatic rings. The van der Waals surface area contributed by atoms with Crippen molar-refractivity contribution in [2.75, 3.05) is 0 Å². The maximum Gasteiger partial charge on any atom is 0.189 e. The largest absolute Gasteiger partial charge is 0.740 e. The summed E-state index contributed by atoms with van der Waals surface area (Å²) < 4.78 is 25.0. The Morgan fingerprint density at radius 2 is 2.15 bits per heavy atom. The highest BCUT2D eigenvalue weighted by atomic mass is 32.2. The number of rotatable bonds is 5. The molecule has 0 aliphatic heterocycles. The van der Waals surface area contributed by atoms with Crippen LogP contribution in [0.3, 0.4) is 0 Å². The molecule has 0 aliphatic carbocycles. The fourth-order valence-corrected chi connectivity index (χ4v) is 1.88. The van der Waals surface area contributed by atoms with E-state index >= 15 is 0 Å². The van der Waals surface area contributed by atoms with Crippen molar-refractivity contribution >= 4 is 28.6 Å². The second-order valence-corrected chi connectivity index (χ2v) is 3.59. The zero-order valence-electron chi connectivity index (χ0n) is 7.74. The van der Waals surface area contributed by atoms with E-state index in [9.17, 15) is 8.76 Å². The van der Waals surface area contributed by atoms with Gasteiger partial charge in [0.1, 0.15) is 11.4 Å². The van der Waals surface area contributed by atoms with Gasteiger partial charge >= 0.3 is 0 Å². The van der Waals surface area contributed by atoms with Gasteiger partial charge in [-0.1, -0.05) is 19.9 Å². The Kier molecular flexibility index (Phi) is 5.36. The summed E-state index contributed by atoms with van der Waals surface area (Å²) >= 11 is 2.29. The molecular weight excluding hydrogens is 208 g/mol. The van der Waals surface area contributed by atoms with E-state index in [4.69, 9.17) is 12.2 Å². The lowest BCUT2D eigenvalue weighted by atomic mass is 9.83. The first-order valence-corrected chi connectivity index (χ1v) is 5.38. The molecule has 13 heavy (non-hydrogen) atoms. The molecule has 1 atom stereocenters. The highest BCUT2D eigenvalue weighted by Gasteiger charge is 2.29. The van der Waals surface area contributed by atoms with Gasteiger partial charge < -0.3 is 8.74 Å². The summed E-state index contributed by atoms with van der Waals surface area (Å²) in [6, 6.07) is 0. The van der Waals surface area contributed by atoms with Crippen LogP contribution in [0.4, 0.5) is 0 Å². The fourth-order valence-electron chi connectivity index (χ4n) is 1.06. The van der Waals surface area contributed by atoms with E-state index in [1.165, 1.54) is 0 Å². The van der Waals surface area contributed by atoms with Crippen molar-refractivity contribution in [3.8, 4) is 0 Å². The van der Waals surface area contributed by atoms with Gasteiger partial charge in [-0.3, -0.25) is 0 Å². The van der Waals surface area contributed by atoms with Crippen LogP contribution in [0.15, 0.2) is 12.7 Å². The van der Waals surface area contributed by atoms with Crippen LogP contribution in [0, 0.1) is 5.41 Å². The Hall–Kier alpha value is -0.260. The maximum atomic E-state index is 10.3. The summed E-state index contributed by atoms with van der Waals surface area (Å²) in [6.45, 7) is 7.46. The van der Waals surface area contributed by atoms with Gasteiger partial charge in [-0.05, 0) is 25.1 Å². The molecule has 0 amide bonds. The van der Waals surface area contributed by atoms with Crippen molar-refractivity contribution < 1.29 is 12.9 Å². The van der Waals surface area contributed by atoms with E-state index in [2.05, 4.69) is 10.8 Å². The van der Waals surface area contributed by atoms with Crippen LogP contribution in [0.5, 0.6) is 0 Å². The van der Waals surface area contributed by atoms with Crippen LogP contribution in [0.1, 0.15) is 26.7 Å². The fraction of sp³-hybridized carbons (Fsp3) is 0.625. The minimum absolute atomic E-state index is 0.0702. The summed E-state index contributed by atoms with van der Waals surface area (Å²) in [7, 11) is 0. The predicted octanol–water partition coefficient (Wildman–Crippen LogP) is 2.12. The quantitative estimate of drug-likeness (QED) is 0.405. The van der Waals surface area contributed by atoms with Crippen molar-refractivity contribution in [1.29, 1.82) is 0 Å². The molecule has 1 unspecified atom stereocenters.